The van der Waals surface area contributed by atoms with E-state index in [0.29, 0.717) is 13.0 Å². The Labute approximate surface area is 103 Å². The average Bonchev–Trinajstić information content (AvgIpc) is 2.62. The summed E-state index contributed by atoms with van der Waals surface area (Å²) in [6, 6.07) is 0. The van der Waals surface area contributed by atoms with Crippen LogP contribution in [0, 0.1) is 0 Å². The van der Waals surface area contributed by atoms with E-state index in [9.17, 15) is 9.90 Å². The summed E-state index contributed by atoms with van der Waals surface area (Å²) in [6.07, 6.45) is 1.55. The number of hydrogen-bond acceptors (Lipinski definition) is 5. The van der Waals surface area contributed by atoms with E-state index in [1.807, 2.05) is 6.92 Å². The predicted octanol–water partition coefficient (Wildman–Crippen LogP) is 0.375. The van der Waals surface area contributed by atoms with Crippen molar-refractivity contribution in [3.63, 3.8) is 0 Å². The molecule has 0 saturated carbocycles. The number of anilines is 1. The molecule has 0 aliphatic carbocycles. The smallest absolute Gasteiger partial charge is 0.271 e. The summed E-state index contributed by atoms with van der Waals surface area (Å²) in [5.74, 6) is 0.267. The summed E-state index contributed by atoms with van der Waals surface area (Å²) in [5, 5.41) is 13.1. The maximum atomic E-state index is 11.2. The Bertz CT molecular complexity index is 464. The molecule has 1 aromatic heterocycles. The molecule has 1 saturated heterocycles. The van der Waals surface area contributed by atoms with Crippen LogP contribution >= 0.6 is 11.6 Å². The third kappa shape index (κ3) is 2.43. The van der Waals surface area contributed by atoms with Gasteiger partial charge in [0.15, 0.2) is 5.82 Å². The largest absolute Gasteiger partial charge is 0.385 e. The molecule has 0 spiro atoms. The Morgan fingerprint density at radius 1 is 1.82 bits per heavy atom. The lowest BCUT2D eigenvalue weighted by Crippen LogP contribution is -2.43. The van der Waals surface area contributed by atoms with Crippen LogP contribution in [0.5, 0.6) is 0 Å². The van der Waals surface area contributed by atoms with E-state index in [4.69, 9.17) is 16.3 Å². The van der Waals surface area contributed by atoms with Gasteiger partial charge in [-0.05, 0) is 6.92 Å². The molecule has 0 aromatic carbocycles. The van der Waals surface area contributed by atoms with Crippen LogP contribution in [-0.2, 0) is 4.74 Å². The van der Waals surface area contributed by atoms with Gasteiger partial charge in [0.25, 0.3) is 5.56 Å². The normalized spacial score (nSPS) is 28.3. The molecule has 1 fully saturated rings. The third-order valence-corrected chi connectivity index (χ3v) is 3.37. The molecule has 0 radical (unpaired) electrons. The minimum atomic E-state index is -0.951. The fourth-order valence-electron chi connectivity index (χ4n) is 1.75. The molecule has 1 aliphatic rings. The second-order valence-corrected chi connectivity index (χ2v) is 4.49. The van der Waals surface area contributed by atoms with E-state index >= 15 is 0 Å². The van der Waals surface area contributed by atoms with Crippen LogP contribution < -0.4 is 10.9 Å². The number of nitrogens with zero attached hydrogens (tertiary/aromatic N) is 1. The van der Waals surface area contributed by atoms with Gasteiger partial charge in [-0.25, -0.2) is 4.98 Å². The summed E-state index contributed by atoms with van der Waals surface area (Å²) in [6.45, 7) is 2.57. The summed E-state index contributed by atoms with van der Waals surface area (Å²) < 4.78 is 5.30. The van der Waals surface area contributed by atoms with Crippen LogP contribution in [0.15, 0.2) is 11.1 Å². The Morgan fingerprint density at radius 3 is 3.24 bits per heavy atom. The Balaban J connectivity index is 2.07. The molecule has 0 amide bonds. The number of aromatic nitrogens is 2. The number of hydrogen-bond donors (Lipinski definition) is 3. The van der Waals surface area contributed by atoms with E-state index < -0.39 is 11.2 Å². The van der Waals surface area contributed by atoms with Gasteiger partial charge >= 0.3 is 0 Å². The molecular weight excluding hydrogens is 246 g/mol. The molecule has 1 aliphatic heterocycles. The van der Waals surface area contributed by atoms with Crippen LogP contribution in [0.4, 0.5) is 5.82 Å². The van der Waals surface area contributed by atoms with Gasteiger partial charge < -0.3 is 20.1 Å². The zero-order chi connectivity index (χ0) is 12.5. The van der Waals surface area contributed by atoms with Gasteiger partial charge in [0.1, 0.15) is 10.6 Å². The highest BCUT2D eigenvalue weighted by Crippen LogP contribution is 2.26. The highest BCUT2D eigenvalue weighted by Gasteiger charge is 2.39. The quantitative estimate of drug-likeness (QED) is 0.730. The molecule has 6 nitrogen and oxygen atoms in total. The van der Waals surface area contributed by atoms with Crippen molar-refractivity contribution in [1.29, 1.82) is 0 Å². The zero-order valence-corrected chi connectivity index (χ0v) is 10.1. The second-order valence-electron chi connectivity index (χ2n) is 4.11. The average molecular weight is 260 g/mol. The van der Waals surface area contributed by atoms with Crippen LogP contribution in [0.3, 0.4) is 0 Å². The van der Waals surface area contributed by atoms with Crippen molar-refractivity contribution >= 4 is 17.4 Å². The first-order valence-corrected chi connectivity index (χ1v) is 5.72. The van der Waals surface area contributed by atoms with Crippen LogP contribution in [0.2, 0.25) is 5.02 Å². The van der Waals surface area contributed by atoms with Gasteiger partial charge in [-0.1, -0.05) is 11.6 Å². The van der Waals surface area contributed by atoms with Gasteiger partial charge in [0.2, 0.25) is 0 Å². The first kappa shape index (κ1) is 12.3. The fraction of sp³-hybridized carbons (Fsp3) is 0.600. The monoisotopic (exact) mass is 259 g/mol. The third-order valence-electron chi connectivity index (χ3n) is 3.02. The number of H-pyrrole nitrogens is 1. The van der Waals surface area contributed by atoms with Gasteiger partial charge in [-0.2, -0.15) is 0 Å². The molecule has 7 heteroatoms. The Kier molecular flexibility index (Phi) is 3.37. The molecule has 2 unspecified atom stereocenters. The van der Waals surface area contributed by atoms with Crippen LogP contribution in [0.25, 0.3) is 0 Å². The summed E-state index contributed by atoms with van der Waals surface area (Å²) >= 11 is 5.78. The van der Waals surface area contributed by atoms with E-state index in [2.05, 4.69) is 15.3 Å². The van der Waals surface area contributed by atoms with Crippen molar-refractivity contribution in [2.45, 2.75) is 25.0 Å². The topological polar surface area (TPSA) is 87.2 Å². The fourth-order valence-corrected chi connectivity index (χ4v) is 1.92. The minimum absolute atomic E-state index is 0.0114. The lowest BCUT2D eigenvalue weighted by atomic mass is 9.97. The maximum absolute atomic E-state index is 11.2. The molecule has 2 heterocycles. The summed E-state index contributed by atoms with van der Waals surface area (Å²) in [7, 11) is 0. The minimum Gasteiger partial charge on any atom is -0.385 e. The summed E-state index contributed by atoms with van der Waals surface area (Å²) in [5.41, 5.74) is -1.36. The molecule has 3 N–H and O–H groups in total. The molecule has 17 heavy (non-hydrogen) atoms. The molecule has 2 rings (SSSR count). The van der Waals surface area contributed by atoms with Gasteiger partial charge in [-0.15, -0.1) is 0 Å². The van der Waals surface area contributed by atoms with Crippen molar-refractivity contribution in [3.8, 4) is 0 Å². The SMILES string of the molecule is CC1OCCC1(O)CNc1nc[nH]c(=O)c1Cl. The molecular formula is C10H14ClN3O3. The first-order chi connectivity index (χ1) is 8.03. The van der Waals surface area contributed by atoms with Crippen LogP contribution in [0.1, 0.15) is 13.3 Å². The van der Waals surface area contributed by atoms with Crippen molar-refractivity contribution < 1.29 is 9.84 Å². The molecule has 2 atom stereocenters. The van der Waals surface area contributed by atoms with E-state index in [-0.39, 0.29) is 23.5 Å². The highest BCUT2D eigenvalue weighted by molar-refractivity contribution is 6.32. The number of aliphatic hydroxyl groups is 1. The Hall–Kier alpha value is -1.11. The maximum Gasteiger partial charge on any atom is 0.271 e. The highest BCUT2D eigenvalue weighted by atomic mass is 35.5. The lowest BCUT2D eigenvalue weighted by molar-refractivity contribution is -0.0176. The van der Waals surface area contributed by atoms with E-state index in [1.165, 1.54) is 6.33 Å². The van der Waals surface area contributed by atoms with Crippen molar-refractivity contribution in [3.05, 3.63) is 21.7 Å². The molecule has 0 bridgehead atoms. The Morgan fingerprint density at radius 2 is 2.59 bits per heavy atom. The number of aromatic amines is 1. The number of rotatable bonds is 3. The molecule has 1 aromatic rings. The first-order valence-electron chi connectivity index (χ1n) is 5.34. The van der Waals surface area contributed by atoms with E-state index in [0.717, 1.165) is 0 Å². The zero-order valence-electron chi connectivity index (χ0n) is 9.36. The predicted molar refractivity (Wildman–Crippen MR) is 63.3 cm³/mol. The van der Waals surface area contributed by atoms with Gasteiger partial charge in [0, 0.05) is 19.6 Å². The number of ether oxygens (including phenoxy) is 1. The van der Waals surface area contributed by atoms with Gasteiger partial charge in [-0.3, -0.25) is 4.79 Å². The standard InChI is InChI=1S/C10H14ClN3O3/c1-6-10(16,2-3-17-6)4-12-8-7(11)9(15)14-5-13-8/h5-6,16H,2-4H2,1H3,(H2,12,13,14,15). The second kappa shape index (κ2) is 4.64. The van der Waals surface area contributed by atoms with Crippen molar-refractivity contribution in [2.75, 3.05) is 18.5 Å². The van der Waals surface area contributed by atoms with Crippen LogP contribution in [-0.4, -0.2) is 39.9 Å². The number of halogens is 1. The van der Waals surface area contributed by atoms with Crippen molar-refractivity contribution in [1.82, 2.24) is 9.97 Å². The lowest BCUT2D eigenvalue weighted by Gasteiger charge is -2.26. The molecule has 94 valence electrons. The van der Waals surface area contributed by atoms with Crippen molar-refractivity contribution in [2.24, 2.45) is 0 Å². The summed E-state index contributed by atoms with van der Waals surface area (Å²) in [4.78, 5) is 17.5. The van der Waals surface area contributed by atoms with E-state index in [1.54, 1.807) is 0 Å². The van der Waals surface area contributed by atoms with Gasteiger partial charge in [0.05, 0.1) is 12.4 Å². The number of nitrogens with one attached hydrogen (secondary N) is 2.